The van der Waals surface area contributed by atoms with Crippen molar-refractivity contribution in [2.75, 3.05) is 0 Å². The first kappa shape index (κ1) is 18.4. The summed E-state index contributed by atoms with van der Waals surface area (Å²) in [6.07, 6.45) is 1.07. The summed E-state index contributed by atoms with van der Waals surface area (Å²) in [4.78, 5) is 12.7. The van der Waals surface area contributed by atoms with Crippen molar-refractivity contribution in [3.05, 3.63) is 51.7 Å². The standard InChI is InChI=1S/C18H20N6O3S/c1-4-23-17(25)14-7-5-6-8-15(14)24-16(19-20-18(23)24)10-9-13-11(2)21-28(26,27)22-12(13)3/h5-8,21H,4,9-10H2,1-3H3. The molecule has 0 atom stereocenters. The van der Waals surface area contributed by atoms with Gasteiger partial charge in [-0.3, -0.25) is 18.5 Å². The average Bonchev–Trinajstić information content (AvgIpc) is 3.04. The van der Waals surface area contributed by atoms with Gasteiger partial charge in [-0.25, -0.2) is 0 Å². The zero-order chi connectivity index (χ0) is 20.1. The Morgan fingerprint density at radius 1 is 1.11 bits per heavy atom. The maximum absolute atomic E-state index is 12.7. The maximum atomic E-state index is 12.7. The Labute approximate surface area is 161 Å². The van der Waals surface area contributed by atoms with E-state index in [0.29, 0.717) is 47.8 Å². The van der Waals surface area contributed by atoms with Crippen LogP contribution < -0.4 is 10.3 Å². The Bertz CT molecular complexity index is 1330. The quantitative estimate of drug-likeness (QED) is 0.715. The first-order valence-electron chi connectivity index (χ1n) is 8.97. The van der Waals surface area contributed by atoms with E-state index < -0.39 is 10.2 Å². The fourth-order valence-electron chi connectivity index (χ4n) is 3.65. The van der Waals surface area contributed by atoms with Crippen LogP contribution in [0.25, 0.3) is 16.7 Å². The monoisotopic (exact) mass is 400 g/mol. The highest BCUT2D eigenvalue weighted by atomic mass is 32.2. The number of allylic oxidation sites excluding steroid dienone is 2. The van der Waals surface area contributed by atoms with E-state index in [1.807, 2.05) is 29.5 Å². The molecule has 0 saturated carbocycles. The van der Waals surface area contributed by atoms with Crippen LogP contribution >= 0.6 is 0 Å². The molecule has 28 heavy (non-hydrogen) atoms. The molecule has 0 bridgehead atoms. The Morgan fingerprint density at radius 3 is 2.57 bits per heavy atom. The van der Waals surface area contributed by atoms with Crippen molar-refractivity contribution >= 4 is 32.6 Å². The van der Waals surface area contributed by atoms with Crippen LogP contribution in [0.4, 0.5) is 0 Å². The largest absolute Gasteiger partial charge is 0.342 e. The highest BCUT2D eigenvalue weighted by Gasteiger charge is 2.21. The lowest BCUT2D eigenvalue weighted by atomic mass is 10.0. The van der Waals surface area contributed by atoms with Crippen LogP contribution in [0, 0.1) is 0 Å². The average molecular weight is 400 g/mol. The van der Waals surface area contributed by atoms with Crippen molar-refractivity contribution in [1.29, 1.82) is 0 Å². The van der Waals surface area contributed by atoms with Crippen LogP contribution in [0.5, 0.6) is 0 Å². The minimum Gasteiger partial charge on any atom is -0.277 e. The third-order valence-corrected chi connectivity index (χ3v) is 6.00. The Kier molecular flexibility index (Phi) is 4.30. The van der Waals surface area contributed by atoms with E-state index >= 15 is 0 Å². The second-order valence-corrected chi connectivity index (χ2v) is 8.01. The summed E-state index contributed by atoms with van der Waals surface area (Å²) in [7, 11) is -3.65. The predicted molar refractivity (Wildman–Crippen MR) is 107 cm³/mol. The fraction of sp³-hybridized carbons (Fsp3) is 0.333. The van der Waals surface area contributed by atoms with Crippen LogP contribution in [0.1, 0.15) is 33.0 Å². The maximum Gasteiger partial charge on any atom is 0.342 e. The molecule has 3 heterocycles. The molecule has 146 valence electrons. The number of rotatable bonds is 4. The van der Waals surface area contributed by atoms with Crippen LogP contribution in [0.2, 0.25) is 0 Å². The summed E-state index contributed by atoms with van der Waals surface area (Å²) >= 11 is 0. The van der Waals surface area contributed by atoms with Crippen molar-refractivity contribution in [3.63, 3.8) is 0 Å². The molecule has 4 rings (SSSR count). The molecule has 10 heteroatoms. The van der Waals surface area contributed by atoms with Gasteiger partial charge in [0.1, 0.15) is 5.82 Å². The van der Waals surface area contributed by atoms with Gasteiger partial charge in [0.15, 0.2) is 0 Å². The van der Waals surface area contributed by atoms with E-state index in [9.17, 15) is 13.2 Å². The molecule has 1 aromatic carbocycles. The molecule has 0 saturated heterocycles. The molecule has 3 aromatic rings. The van der Waals surface area contributed by atoms with Crippen molar-refractivity contribution in [2.24, 2.45) is 4.40 Å². The Hall–Kier alpha value is -3.01. The lowest BCUT2D eigenvalue weighted by Gasteiger charge is -2.17. The van der Waals surface area contributed by atoms with Gasteiger partial charge in [-0.15, -0.1) is 14.6 Å². The van der Waals surface area contributed by atoms with E-state index in [-0.39, 0.29) is 5.56 Å². The summed E-state index contributed by atoms with van der Waals surface area (Å²) < 4.78 is 33.0. The second kappa shape index (κ2) is 6.55. The number of fused-ring (bicyclic) bond motifs is 3. The molecule has 2 aromatic heterocycles. The third-order valence-electron chi connectivity index (χ3n) is 4.92. The van der Waals surface area contributed by atoms with Gasteiger partial charge in [0.25, 0.3) is 5.56 Å². The van der Waals surface area contributed by atoms with Gasteiger partial charge >= 0.3 is 10.2 Å². The molecule has 0 radical (unpaired) electrons. The predicted octanol–water partition coefficient (Wildman–Crippen LogP) is 1.58. The summed E-state index contributed by atoms with van der Waals surface area (Å²) in [5, 5.41) is 9.16. The minimum absolute atomic E-state index is 0.0900. The molecule has 1 N–H and O–H groups in total. The summed E-state index contributed by atoms with van der Waals surface area (Å²) in [6, 6.07) is 7.39. The molecule has 0 aliphatic carbocycles. The normalized spacial score (nSPS) is 16.5. The first-order valence-corrected chi connectivity index (χ1v) is 10.4. The van der Waals surface area contributed by atoms with Gasteiger partial charge in [0.05, 0.1) is 16.6 Å². The van der Waals surface area contributed by atoms with Crippen molar-refractivity contribution < 1.29 is 8.42 Å². The number of nitrogens with one attached hydrogen (secondary N) is 1. The van der Waals surface area contributed by atoms with Gasteiger partial charge in [-0.2, -0.15) is 8.42 Å². The number of aryl methyl sites for hydroxylation is 2. The summed E-state index contributed by atoms with van der Waals surface area (Å²) in [5.41, 5.74) is 2.54. The van der Waals surface area contributed by atoms with Crippen molar-refractivity contribution in [1.82, 2.24) is 23.9 Å². The zero-order valence-electron chi connectivity index (χ0n) is 15.8. The van der Waals surface area contributed by atoms with E-state index in [1.54, 1.807) is 24.5 Å². The first-order chi connectivity index (χ1) is 13.3. The molecule has 0 amide bonds. The van der Waals surface area contributed by atoms with Crippen molar-refractivity contribution in [2.45, 2.75) is 40.2 Å². The van der Waals surface area contributed by atoms with E-state index in [2.05, 4.69) is 19.3 Å². The number of aromatic nitrogens is 4. The smallest absolute Gasteiger partial charge is 0.277 e. The Balaban J connectivity index is 1.80. The van der Waals surface area contributed by atoms with Gasteiger partial charge in [-0.1, -0.05) is 12.1 Å². The lowest BCUT2D eigenvalue weighted by Crippen LogP contribution is -2.28. The van der Waals surface area contributed by atoms with E-state index in [1.165, 1.54) is 0 Å². The molecule has 0 spiro atoms. The minimum atomic E-state index is -3.65. The second-order valence-electron chi connectivity index (χ2n) is 6.68. The van der Waals surface area contributed by atoms with Crippen molar-refractivity contribution in [3.8, 4) is 0 Å². The van der Waals surface area contributed by atoms with Crippen LogP contribution in [0.15, 0.2) is 44.7 Å². The molecular formula is C18H20N6O3S. The molecule has 9 nitrogen and oxygen atoms in total. The SMILES string of the molecule is CCn1c(=O)c2ccccc2n2c(CCC3=C(C)NS(=O)(=O)N=C3C)nnc12. The summed E-state index contributed by atoms with van der Waals surface area (Å²) in [5.74, 6) is 1.21. The van der Waals surface area contributed by atoms with E-state index in [0.717, 1.165) is 11.1 Å². The van der Waals surface area contributed by atoms with E-state index in [4.69, 9.17) is 0 Å². The molecular weight excluding hydrogens is 380 g/mol. The highest BCUT2D eigenvalue weighted by Crippen LogP contribution is 2.20. The van der Waals surface area contributed by atoms with Gasteiger partial charge in [0, 0.05) is 18.7 Å². The molecule has 1 aliphatic heterocycles. The number of hydrogen-bond donors (Lipinski definition) is 1. The molecule has 0 fully saturated rings. The Morgan fingerprint density at radius 2 is 1.86 bits per heavy atom. The zero-order valence-corrected chi connectivity index (χ0v) is 16.6. The fourth-order valence-corrected chi connectivity index (χ4v) is 4.68. The topological polar surface area (TPSA) is 111 Å². The number of para-hydroxylation sites is 1. The highest BCUT2D eigenvalue weighted by molar-refractivity contribution is 7.88. The van der Waals surface area contributed by atoms with Gasteiger partial charge in [-0.05, 0) is 44.9 Å². The molecule has 0 unspecified atom stereocenters. The third kappa shape index (κ3) is 2.89. The molecule has 1 aliphatic rings. The number of hydrogen-bond acceptors (Lipinski definition) is 5. The summed E-state index contributed by atoms with van der Waals surface area (Å²) in [6.45, 7) is 5.79. The number of nitrogens with zero attached hydrogens (tertiary/aromatic N) is 5. The van der Waals surface area contributed by atoms with Crippen LogP contribution in [0.3, 0.4) is 0 Å². The van der Waals surface area contributed by atoms with Crippen LogP contribution in [-0.2, 0) is 23.2 Å². The number of benzene rings is 1. The van der Waals surface area contributed by atoms with Gasteiger partial charge < -0.3 is 0 Å². The van der Waals surface area contributed by atoms with Gasteiger partial charge in [0.2, 0.25) is 5.78 Å². The van der Waals surface area contributed by atoms with Crippen LogP contribution in [-0.4, -0.2) is 33.3 Å². The lowest BCUT2D eigenvalue weighted by molar-refractivity contribution is 0.589.